The Kier molecular flexibility index (Phi) is 5.56. The second-order valence-electron chi connectivity index (χ2n) is 5.17. The molecule has 0 fully saturated rings. The van der Waals surface area contributed by atoms with E-state index >= 15 is 0 Å². The topological polar surface area (TPSA) is 87.2 Å². The van der Waals surface area contributed by atoms with E-state index in [-0.39, 0.29) is 44.4 Å². The lowest BCUT2D eigenvalue weighted by Gasteiger charge is -2.30. The van der Waals surface area contributed by atoms with E-state index in [0.717, 1.165) is 0 Å². The van der Waals surface area contributed by atoms with Gasteiger partial charge >= 0.3 is 5.97 Å². The van der Waals surface area contributed by atoms with E-state index < -0.39 is 5.97 Å². The van der Waals surface area contributed by atoms with Gasteiger partial charge in [0.25, 0.3) is 5.91 Å². The zero-order chi connectivity index (χ0) is 16.8. The highest BCUT2D eigenvalue weighted by Gasteiger charge is 2.26. The fraction of sp³-hybridized carbons (Fsp3) is 0.438. The summed E-state index contributed by atoms with van der Waals surface area (Å²) in [6.07, 6.45) is 0.0619. The molecule has 0 bridgehead atoms. The van der Waals surface area contributed by atoms with Crippen molar-refractivity contribution in [2.75, 3.05) is 31.1 Å². The van der Waals surface area contributed by atoms with Gasteiger partial charge in [-0.2, -0.15) is 0 Å². The number of carbonyl (C=O) groups excluding carboxylic acids is 2. The van der Waals surface area contributed by atoms with Gasteiger partial charge in [-0.1, -0.05) is 12.1 Å². The Morgan fingerprint density at radius 3 is 2.74 bits per heavy atom. The number of anilines is 1. The first-order valence-electron chi connectivity index (χ1n) is 7.54. The number of carboxylic acids is 1. The molecule has 0 atom stereocenters. The number of carbonyl (C=O) groups is 3. The van der Waals surface area contributed by atoms with Crippen molar-refractivity contribution in [1.82, 2.24) is 4.90 Å². The molecule has 1 aromatic carbocycles. The van der Waals surface area contributed by atoms with Gasteiger partial charge in [0.1, 0.15) is 5.75 Å². The van der Waals surface area contributed by atoms with E-state index in [9.17, 15) is 14.4 Å². The third-order valence-electron chi connectivity index (χ3n) is 3.69. The Balaban J connectivity index is 1.98. The Bertz CT molecular complexity index is 602. The maximum Gasteiger partial charge on any atom is 0.305 e. The van der Waals surface area contributed by atoms with Crippen molar-refractivity contribution >= 4 is 23.5 Å². The van der Waals surface area contributed by atoms with Crippen LogP contribution in [0.15, 0.2) is 24.3 Å². The number of rotatable bonds is 7. The molecule has 1 heterocycles. The number of carboxylic acid groups (broad SMARTS) is 1. The molecule has 2 rings (SSSR count). The Morgan fingerprint density at radius 1 is 1.30 bits per heavy atom. The second-order valence-corrected chi connectivity index (χ2v) is 5.17. The second kappa shape index (κ2) is 7.62. The molecule has 7 heteroatoms. The maximum absolute atomic E-state index is 12.2. The highest BCUT2D eigenvalue weighted by molar-refractivity contribution is 5.98. The normalized spacial score (nSPS) is 13.3. The van der Waals surface area contributed by atoms with E-state index in [0.29, 0.717) is 18.0 Å². The van der Waals surface area contributed by atoms with Gasteiger partial charge in [0.05, 0.1) is 12.1 Å². The first-order valence-corrected chi connectivity index (χ1v) is 7.54. The molecule has 0 aliphatic carbocycles. The number of aliphatic carboxylic acids is 1. The summed E-state index contributed by atoms with van der Waals surface area (Å²) in [5.74, 6) is -0.665. The summed E-state index contributed by atoms with van der Waals surface area (Å²) in [5.41, 5.74) is 0.658. The van der Waals surface area contributed by atoms with E-state index in [1.807, 2.05) is 6.07 Å². The van der Waals surface area contributed by atoms with Gasteiger partial charge in [-0.15, -0.1) is 0 Å². The zero-order valence-corrected chi connectivity index (χ0v) is 13.0. The van der Waals surface area contributed by atoms with Crippen molar-refractivity contribution in [2.45, 2.75) is 19.8 Å². The first kappa shape index (κ1) is 16.8. The molecule has 23 heavy (non-hydrogen) atoms. The number of ether oxygens (including phenoxy) is 1. The quantitative estimate of drug-likeness (QED) is 0.813. The van der Waals surface area contributed by atoms with E-state index in [1.165, 1.54) is 4.90 Å². The highest BCUT2D eigenvalue weighted by atomic mass is 16.5. The Morgan fingerprint density at radius 2 is 2.04 bits per heavy atom. The van der Waals surface area contributed by atoms with Crippen LogP contribution in [-0.4, -0.2) is 54.0 Å². The predicted octanol–water partition coefficient (Wildman–Crippen LogP) is 1.13. The van der Waals surface area contributed by atoms with Crippen LogP contribution in [0.1, 0.15) is 19.8 Å². The summed E-state index contributed by atoms with van der Waals surface area (Å²) in [6, 6.07) is 7.18. The minimum absolute atomic E-state index is 0.0400. The molecule has 0 spiro atoms. The SMILES string of the molecule is CCN(CCC(=O)O)C(=O)CCN1C(=O)COc2ccccc21. The molecule has 2 amide bonds. The van der Waals surface area contributed by atoms with Gasteiger partial charge in [0.15, 0.2) is 6.61 Å². The first-order chi connectivity index (χ1) is 11.0. The highest BCUT2D eigenvalue weighted by Crippen LogP contribution is 2.31. The van der Waals surface area contributed by atoms with Gasteiger partial charge in [0, 0.05) is 26.1 Å². The molecule has 0 radical (unpaired) electrons. The minimum atomic E-state index is -0.937. The number of fused-ring (bicyclic) bond motifs is 1. The van der Waals surface area contributed by atoms with Crippen LogP contribution in [-0.2, 0) is 14.4 Å². The van der Waals surface area contributed by atoms with Crippen LogP contribution in [0, 0.1) is 0 Å². The third-order valence-corrected chi connectivity index (χ3v) is 3.69. The average Bonchev–Trinajstić information content (AvgIpc) is 2.54. The molecule has 1 aliphatic heterocycles. The fourth-order valence-corrected chi connectivity index (χ4v) is 2.45. The molecule has 1 N–H and O–H groups in total. The van der Waals surface area contributed by atoms with Crippen molar-refractivity contribution in [3.05, 3.63) is 24.3 Å². The van der Waals surface area contributed by atoms with Crippen LogP contribution < -0.4 is 9.64 Å². The van der Waals surface area contributed by atoms with E-state index in [1.54, 1.807) is 30.0 Å². The van der Waals surface area contributed by atoms with Gasteiger partial charge in [0.2, 0.25) is 5.91 Å². The largest absolute Gasteiger partial charge is 0.482 e. The van der Waals surface area contributed by atoms with Crippen LogP contribution in [0.3, 0.4) is 0 Å². The van der Waals surface area contributed by atoms with Gasteiger partial charge in [-0.05, 0) is 19.1 Å². The van der Waals surface area contributed by atoms with E-state index in [2.05, 4.69) is 0 Å². The van der Waals surface area contributed by atoms with Gasteiger partial charge < -0.3 is 19.6 Å². The molecule has 0 aromatic heterocycles. The maximum atomic E-state index is 12.2. The lowest BCUT2D eigenvalue weighted by Crippen LogP contribution is -2.42. The number of nitrogens with zero attached hydrogens (tertiary/aromatic N) is 2. The summed E-state index contributed by atoms with van der Waals surface area (Å²) in [7, 11) is 0. The summed E-state index contributed by atoms with van der Waals surface area (Å²) in [6.45, 7) is 2.64. The fourth-order valence-electron chi connectivity index (χ4n) is 2.45. The van der Waals surface area contributed by atoms with Gasteiger partial charge in [-0.25, -0.2) is 0 Å². The zero-order valence-electron chi connectivity index (χ0n) is 13.0. The summed E-state index contributed by atoms with van der Waals surface area (Å²) < 4.78 is 5.35. The standard InChI is InChI=1S/C16H20N2O5/c1-2-17(9-8-16(21)22)14(19)7-10-18-12-5-3-4-6-13(12)23-11-15(18)20/h3-6H,2,7-11H2,1H3,(H,21,22). The molecular weight excluding hydrogens is 300 g/mol. The van der Waals surface area contributed by atoms with Crippen molar-refractivity contribution in [2.24, 2.45) is 0 Å². The number of hydrogen-bond acceptors (Lipinski definition) is 4. The van der Waals surface area contributed by atoms with Crippen LogP contribution in [0.4, 0.5) is 5.69 Å². The van der Waals surface area contributed by atoms with Crippen LogP contribution in [0.2, 0.25) is 0 Å². The Hall–Kier alpha value is -2.57. The number of amides is 2. The number of hydrogen-bond donors (Lipinski definition) is 1. The Labute approximate surface area is 134 Å². The van der Waals surface area contributed by atoms with Crippen molar-refractivity contribution in [3.8, 4) is 5.75 Å². The van der Waals surface area contributed by atoms with Crippen molar-refractivity contribution in [3.63, 3.8) is 0 Å². The van der Waals surface area contributed by atoms with Crippen LogP contribution in [0.25, 0.3) is 0 Å². The monoisotopic (exact) mass is 320 g/mol. The van der Waals surface area contributed by atoms with Gasteiger partial charge in [-0.3, -0.25) is 14.4 Å². The van der Waals surface area contributed by atoms with Crippen LogP contribution in [0.5, 0.6) is 5.75 Å². The van der Waals surface area contributed by atoms with Crippen molar-refractivity contribution < 1.29 is 24.2 Å². The van der Waals surface area contributed by atoms with Crippen LogP contribution >= 0.6 is 0 Å². The lowest BCUT2D eigenvalue weighted by molar-refractivity contribution is -0.138. The molecule has 0 unspecified atom stereocenters. The van der Waals surface area contributed by atoms with E-state index in [4.69, 9.17) is 9.84 Å². The molecule has 124 valence electrons. The predicted molar refractivity (Wildman–Crippen MR) is 83.4 cm³/mol. The third kappa shape index (κ3) is 4.21. The molecule has 0 saturated heterocycles. The molecule has 7 nitrogen and oxygen atoms in total. The van der Waals surface area contributed by atoms with Crippen molar-refractivity contribution in [1.29, 1.82) is 0 Å². The molecular formula is C16H20N2O5. The molecule has 1 aromatic rings. The lowest BCUT2D eigenvalue weighted by atomic mass is 10.2. The minimum Gasteiger partial charge on any atom is -0.482 e. The number of para-hydroxylation sites is 2. The number of benzene rings is 1. The smallest absolute Gasteiger partial charge is 0.305 e. The average molecular weight is 320 g/mol. The summed E-state index contributed by atoms with van der Waals surface area (Å²) in [4.78, 5) is 37.9. The molecule has 0 saturated carbocycles. The summed E-state index contributed by atoms with van der Waals surface area (Å²) >= 11 is 0. The summed E-state index contributed by atoms with van der Waals surface area (Å²) in [5, 5.41) is 8.71. The molecule has 1 aliphatic rings.